The Morgan fingerprint density at radius 2 is 2.12 bits per heavy atom. The standard InChI is InChI=1S/C9H18O6S/c10-3-1-2-8-4-7(11)5-9(15-8)6-14-16(12)13/h7-11H,1-6H2,(H,12,13)/p-1/t7-,8-,9?/m0/s1. The van der Waals surface area contributed by atoms with Gasteiger partial charge in [0, 0.05) is 13.0 Å². The summed E-state index contributed by atoms with van der Waals surface area (Å²) in [6.07, 6.45) is 1.15. The summed E-state index contributed by atoms with van der Waals surface area (Å²) in [5.41, 5.74) is 0. The molecule has 6 nitrogen and oxygen atoms in total. The van der Waals surface area contributed by atoms with E-state index < -0.39 is 23.6 Å². The second-order valence-corrected chi connectivity index (χ2v) is 4.50. The molecular formula is C9H17O6S-. The van der Waals surface area contributed by atoms with Crippen molar-refractivity contribution in [2.45, 2.75) is 44.0 Å². The summed E-state index contributed by atoms with van der Waals surface area (Å²) in [7, 11) is 0. The lowest BCUT2D eigenvalue weighted by atomic mass is 9.98. The number of rotatable bonds is 6. The highest BCUT2D eigenvalue weighted by atomic mass is 32.2. The maximum atomic E-state index is 10.2. The maximum Gasteiger partial charge on any atom is 0.0892 e. The first kappa shape index (κ1) is 14.0. The molecule has 96 valence electrons. The highest BCUT2D eigenvalue weighted by Crippen LogP contribution is 2.23. The van der Waals surface area contributed by atoms with Crippen LogP contribution in [-0.4, -0.2) is 50.5 Å². The average molecular weight is 253 g/mol. The third-order valence-electron chi connectivity index (χ3n) is 2.49. The second kappa shape index (κ2) is 7.31. The Labute approximate surface area is 97.1 Å². The van der Waals surface area contributed by atoms with Crippen LogP contribution in [-0.2, 0) is 20.3 Å². The van der Waals surface area contributed by atoms with Crippen molar-refractivity contribution in [3.05, 3.63) is 0 Å². The van der Waals surface area contributed by atoms with Crippen molar-refractivity contribution < 1.29 is 27.9 Å². The minimum Gasteiger partial charge on any atom is -0.750 e. The molecule has 1 heterocycles. The van der Waals surface area contributed by atoms with E-state index in [9.17, 15) is 13.9 Å². The van der Waals surface area contributed by atoms with Crippen LogP contribution in [0, 0.1) is 0 Å². The molecule has 0 saturated carbocycles. The molecule has 0 spiro atoms. The molecule has 2 unspecified atom stereocenters. The molecule has 7 heteroatoms. The van der Waals surface area contributed by atoms with Crippen molar-refractivity contribution in [3.63, 3.8) is 0 Å². The van der Waals surface area contributed by atoms with Gasteiger partial charge in [-0.25, -0.2) is 4.21 Å². The first-order valence-electron chi connectivity index (χ1n) is 5.28. The van der Waals surface area contributed by atoms with Crippen LogP contribution >= 0.6 is 0 Å². The van der Waals surface area contributed by atoms with E-state index in [1.54, 1.807) is 0 Å². The van der Waals surface area contributed by atoms with E-state index in [2.05, 4.69) is 4.18 Å². The lowest BCUT2D eigenvalue weighted by Crippen LogP contribution is -2.38. The molecule has 0 radical (unpaired) electrons. The van der Waals surface area contributed by atoms with Gasteiger partial charge < -0.3 is 19.5 Å². The monoisotopic (exact) mass is 253 g/mol. The summed E-state index contributed by atoms with van der Waals surface area (Å²) < 4.78 is 30.4. The van der Waals surface area contributed by atoms with Gasteiger partial charge in [-0.05, 0) is 19.3 Å². The van der Waals surface area contributed by atoms with E-state index in [0.717, 1.165) is 0 Å². The first-order valence-corrected chi connectivity index (χ1v) is 6.28. The molecule has 0 amide bonds. The van der Waals surface area contributed by atoms with E-state index in [1.807, 2.05) is 0 Å². The molecule has 0 aromatic rings. The minimum absolute atomic E-state index is 0.0667. The van der Waals surface area contributed by atoms with Crippen molar-refractivity contribution in [2.24, 2.45) is 0 Å². The van der Waals surface area contributed by atoms with Crippen LogP contribution in [0.2, 0.25) is 0 Å². The minimum atomic E-state index is -2.55. The lowest BCUT2D eigenvalue weighted by molar-refractivity contribution is -0.111. The molecule has 0 aromatic carbocycles. The third-order valence-corrected chi connectivity index (χ3v) is 2.82. The van der Waals surface area contributed by atoms with Gasteiger partial charge in [0.1, 0.15) is 0 Å². The zero-order chi connectivity index (χ0) is 12.0. The van der Waals surface area contributed by atoms with Crippen LogP contribution in [0.5, 0.6) is 0 Å². The lowest BCUT2D eigenvalue weighted by Gasteiger charge is -2.33. The second-order valence-electron chi connectivity index (χ2n) is 3.86. The molecule has 1 saturated heterocycles. The average Bonchev–Trinajstić information content (AvgIpc) is 2.23. The van der Waals surface area contributed by atoms with Gasteiger partial charge in [-0.1, -0.05) is 0 Å². The van der Waals surface area contributed by atoms with Crippen molar-refractivity contribution in [3.8, 4) is 0 Å². The van der Waals surface area contributed by atoms with Gasteiger partial charge in [0.25, 0.3) is 0 Å². The van der Waals surface area contributed by atoms with Gasteiger partial charge in [0.15, 0.2) is 0 Å². The van der Waals surface area contributed by atoms with Gasteiger partial charge in [0.2, 0.25) is 0 Å². The molecule has 4 atom stereocenters. The van der Waals surface area contributed by atoms with Crippen LogP contribution in [0.25, 0.3) is 0 Å². The Kier molecular flexibility index (Phi) is 6.40. The van der Waals surface area contributed by atoms with E-state index in [-0.39, 0.29) is 19.3 Å². The van der Waals surface area contributed by atoms with Gasteiger partial charge in [-0.2, -0.15) is 0 Å². The Hall–Kier alpha value is -0.0500. The first-order chi connectivity index (χ1) is 7.61. The summed E-state index contributed by atoms with van der Waals surface area (Å²) >= 11 is -2.55. The Morgan fingerprint density at radius 1 is 1.44 bits per heavy atom. The summed E-state index contributed by atoms with van der Waals surface area (Å²) in [6.45, 7) is 0.0183. The zero-order valence-electron chi connectivity index (χ0n) is 8.91. The van der Waals surface area contributed by atoms with E-state index in [4.69, 9.17) is 9.84 Å². The van der Waals surface area contributed by atoms with Gasteiger partial charge in [-0.3, -0.25) is 4.18 Å². The highest BCUT2D eigenvalue weighted by Gasteiger charge is 2.28. The predicted octanol–water partition coefficient (Wildman–Crippen LogP) is -0.522. The number of hydrogen-bond donors (Lipinski definition) is 2. The molecule has 0 aromatic heterocycles. The zero-order valence-corrected chi connectivity index (χ0v) is 9.73. The largest absolute Gasteiger partial charge is 0.750 e. The smallest absolute Gasteiger partial charge is 0.0892 e. The van der Waals surface area contributed by atoms with E-state index >= 15 is 0 Å². The molecule has 0 bridgehead atoms. The molecule has 0 aliphatic carbocycles. The van der Waals surface area contributed by atoms with Crippen molar-refractivity contribution in [1.82, 2.24) is 0 Å². The topological polar surface area (TPSA) is 99.1 Å². The van der Waals surface area contributed by atoms with Crippen LogP contribution in [0.4, 0.5) is 0 Å². The van der Waals surface area contributed by atoms with Gasteiger partial charge in [-0.15, -0.1) is 0 Å². The number of ether oxygens (including phenoxy) is 1. The summed E-state index contributed by atoms with van der Waals surface area (Å²) in [5.74, 6) is 0. The van der Waals surface area contributed by atoms with Crippen LogP contribution in [0.15, 0.2) is 0 Å². The molecule has 1 fully saturated rings. The molecule has 1 rings (SSSR count). The van der Waals surface area contributed by atoms with Crippen molar-refractivity contribution in [1.29, 1.82) is 0 Å². The van der Waals surface area contributed by atoms with Gasteiger partial charge >= 0.3 is 0 Å². The molecule has 1 aliphatic heterocycles. The fourth-order valence-corrected chi connectivity index (χ4v) is 2.09. The summed E-state index contributed by atoms with van der Waals surface area (Å²) in [5, 5.41) is 18.2. The van der Waals surface area contributed by atoms with Crippen LogP contribution in [0.1, 0.15) is 25.7 Å². The summed E-state index contributed by atoms with van der Waals surface area (Å²) in [6, 6.07) is 0. The quantitative estimate of drug-likeness (QED) is 0.618. The fraction of sp³-hybridized carbons (Fsp3) is 1.00. The number of aliphatic hydroxyl groups is 2. The molecule has 1 aliphatic rings. The molecule has 16 heavy (non-hydrogen) atoms. The Bertz CT molecular complexity index is 224. The predicted molar refractivity (Wildman–Crippen MR) is 55.1 cm³/mol. The molecular weight excluding hydrogens is 236 g/mol. The van der Waals surface area contributed by atoms with Crippen LogP contribution < -0.4 is 0 Å². The van der Waals surface area contributed by atoms with E-state index in [0.29, 0.717) is 25.7 Å². The van der Waals surface area contributed by atoms with Gasteiger partial charge in [0.05, 0.1) is 36.3 Å². The molecule has 2 N–H and O–H groups in total. The number of aliphatic hydroxyl groups excluding tert-OH is 2. The number of hydrogen-bond acceptors (Lipinski definition) is 6. The highest BCUT2D eigenvalue weighted by molar-refractivity contribution is 7.74. The Balaban J connectivity index is 2.32. The third kappa shape index (κ3) is 5.33. The Morgan fingerprint density at radius 3 is 2.75 bits per heavy atom. The normalized spacial score (nSPS) is 32.6. The van der Waals surface area contributed by atoms with Crippen LogP contribution in [0.3, 0.4) is 0 Å². The van der Waals surface area contributed by atoms with E-state index in [1.165, 1.54) is 0 Å². The summed E-state index contributed by atoms with van der Waals surface area (Å²) in [4.78, 5) is 0. The van der Waals surface area contributed by atoms with Crippen molar-refractivity contribution in [2.75, 3.05) is 13.2 Å². The van der Waals surface area contributed by atoms with Crippen molar-refractivity contribution >= 4 is 11.4 Å². The fourth-order valence-electron chi connectivity index (χ4n) is 1.83. The SMILES string of the molecule is O=S([O-])OCC1C[C@@H](O)C[C@H](CCCO)O1. The maximum absolute atomic E-state index is 10.2.